The summed E-state index contributed by atoms with van der Waals surface area (Å²) in [6.45, 7) is 0. The molecule has 0 aliphatic carbocycles. The molecule has 0 amide bonds. The van der Waals surface area contributed by atoms with Gasteiger partial charge in [-0.1, -0.05) is 60.7 Å². The normalized spacial score (nSPS) is 20.0. The van der Waals surface area contributed by atoms with Crippen molar-refractivity contribution in [2.24, 2.45) is 0 Å². The van der Waals surface area contributed by atoms with Crippen LogP contribution in [-0.2, 0) is 5.60 Å². The monoisotopic (exact) mass is 395 g/mol. The highest BCUT2D eigenvalue weighted by molar-refractivity contribution is 5.64. The lowest BCUT2D eigenvalue weighted by Crippen LogP contribution is -2.24. The second kappa shape index (κ2) is 6.94. The molecule has 3 aromatic carbocycles. The van der Waals surface area contributed by atoms with Gasteiger partial charge in [-0.25, -0.2) is 9.37 Å². The van der Waals surface area contributed by atoms with Gasteiger partial charge in [0.1, 0.15) is 11.4 Å². The number of aliphatic hydroxyl groups is 1. The van der Waals surface area contributed by atoms with Gasteiger partial charge in [0.2, 0.25) is 0 Å². The first-order chi connectivity index (χ1) is 14.6. The summed E-state index contributed by atoms with van der Waals surface area (Å²) in [5, 5.41) is 20.7. The van der Waals surface area contributed by atoms with Crippen LogP contribution in [0.3, 0.4) is 0 Å². The van der Waals surface area contributed by atoms with Gasteiger partial charge in [-0.3, -0.25) is 0 Å². The number of benzene rings is 3. The summed E-state index contributed by atoms with van der Waals surface area (Å²) >= 11 is 0. The highest BCUT2D eigenvalue weighted by Crippen LogP contribution is 2.47. The van der Waals surface area contributed by atoms with Crippen LogP contribution in [0.5, 0.6) is 0 Å². The maximum Gasteiger partial charge on any atom is 0.133 e. The minimum absolute atomic E-state index is 0.270. The number of fused-ring (bicyclic) bond motifs is 1. The molecule has 5 heteroatoms. The second-order valence-corrected chi connectivity index (χ2v) is 7.56. The Balaban J connectivity index is 1.53. The number of aromatic nitrogens is 2. The summed E-state index contributed by atoms with van der Waals surface area (Å²) in [7, 11) is 0. The van der Waals surface area contributed by atoms with Crippen LogP contribution in [0.4, 0.5) is 4.39 Å². The van der Waals surface area contributed by atoms with E-state index in [9.17, 15) is 9.50 Å². The molecule has 4 nitrogen and oxygen atoms in total. The number of hydrogen-bond acceptors (Lipinski definition) is 3. The lowest BCUT2D eigenvalue weighted by Gasteiger charge is -2.23. The lowest BCUT2D eigenvalue weighted by molar-refractivity contribution is 0.0792. The number of imidazole rings is 1. The summed E-state index contributed by atoms with van der Waals surface area (Å²) < 4.78 is 16.5. The third-order valence-corrected chi connectivity index (χ3v) is 5.87. The molecule has 1 aliphatic heterocycles. The molecule has 1 aromatic heterocycles. The third kappa shape index (κ3) is 2.81. The van der Waals surface area contributed by atoms with Gasteiger partial charge < -0.3 is 9.67 Å². The van der Waals surface area contributed by atoms with E-state index in [1.54, 1.807) is 24.7 Å². The van der Waals surface area contributed by atoms with Gasteiger partial charge in [0.15, 0.2) is 0 Å². The van der Waals surface area contributed by atoms with Crippen molar-refractivity contribution in [3.8, 4) is 17.2 Å². The maximum absolute atomic E-state index is 14.7. The number of nitrogens with zero attached hydrogens (tertiary/aromatic N) is 3. The van der Waals surface area contributed by atoms with E-state index in [4.69, 9.17) is 5.26 Å². The Hall–Kier alpha value is -3.75. The molecule has 0 radical (unpaired) electrons. The quantitative estimate of drug-likeness (QED) is 0.543. The first kappa shape index (κ1) is 18.3. The number of rotatable bonds is 3. The zero-order valence-electron chi connectivity index (χ0n) is 16.0. The molecule has 4 aromatic rings. The molecule has 0 saturated carbocycles. The molecule has 0 unspecified atom stereocenters. The zero-order valence-corrected chi connectivity index (χ0v) is 16.0. The van der Waals surface area contributed by atoms with E-state index in [0.29, 0.717) is 17.7 Å². The highest BCUT2D eigenvalue weighted by Gasteiger charge is 2.45. The Morgan fingerprint density at radius 2 is 1.77 bits per heavy atom. The molecule has 2 heterocycles. The summed E-state index contributed by atoms with van der Waals surface area (Å²) in [6.07, 6.45) is 3.54. The van der Waals surface area contributed by atoms with Crippen molar-refractivity contribution in [2.75, 3.05) is 0 Å². The van der Waals surface area contributed by atoms with Crippen LogP contribution in [0.1, 0.15) is 34.8 Å². The van der Waals surface area contributed by atoms with E-state index < -0.39 is 17.5 Å². The molecule has 5 rings (SSSR count). The first-order valence-corrected chi connectivity index (χ1v) is 9.70. The van der Waals surface area contributed by atoms with Crippen LogP contribution in [-0.4, -0.2) is 14.7 Å². The van der Waals surface area contributed by atoms with E-state index in [-0.39, 0.29) is 5.56 Å². The molecule has 0 spiro atoms. The van der Waals surface area contributed by atoms with Gasteiger partial charge >= 0.3 is 0 Å². The number of hydrogen-bond donors (Lipinski definition) is 1. The summed E-state index contributed by atoms with van der Waals surface area (Å²) in [4.78, 5) is 4.20. The number of halogens is 1. The van der Waals surface area contributed by atoms with Crippen LogP contribution in [0.15, 0.2) is 85.3 Å². The van der Waals surface area contributed by atoms with E-state index in [0.717, 1.165) is 16.7 Å². The predicted molar refractivity (Wildman–Crippen MR) is 111 cm³/mol. The van der Waals surface area contributed by atoms with Gasteiger partial charge in [-0.15, -0.1) is 0 Å². The largest absolute Gasteiger partial charge is 0.379 e. The van der Waals surface area contributed by atoms with E-state index in [2.05, 4.69) is 4.98 Å². The van der Waals surface area contributed by atoms with Gasteiger partial charge in [-0.05, 0) is 28.8 Å². The minimum Gasteiger partial charge on any atom is -0.379 e. The van der Waals surface area contributed by atoms with Crippen LogP contribution >= 0.6 is 0 Å². The average Bonchev–Trinajstić information content (AvgIpc) is 3.38. The minimum atomic E-state index is -1.28. The second-order valence-electron chi connectivity index (χ2n) is 7.56. The lowest BCUT2D eigenvalue weighted by atomic mass is 9.86. The van der Waals surface area contributed by atoms with Gasteiger partial charge in [0.25, 0.3) is 0 Å². The molecular formula is C25H18FN3O. The predicted octanol–water partition coefficient (Wildman–Crippen LogP) is 4.79. The molecule has 0 fully saturated rings. The Morgan fingerprint density at radius 1 is 1.03 bits per heavy atom. The topological polar surface area (TPSA) is 61.8 Å². The van der Waals surface area contributed by atoms with E-state index in [1.807, 2.05) is 65.2 Å². The Labute approximate surface area is 173 Å². The molecule has 2 atom stereocenters. The standard InChI is InChI=1S/C25H18FN3O/c26-22-12-17(14-27)6-11-21(22)23-13-25(30,24-15-28-16-29(23)24)20-9-7-19(8-10-20)18-4-2-1-3-5-18/h1-12,15-16,23,30H,13H2/t23-,25+/m1/s1. The van der Waals surface area contributed by atoms with Gasteiger partial charge in [0, 0.05) is 12.0 Å². The Morgan fingerprint density at radius 3 is 2.47 bits per heavy atom. The van der Waals surface area contributed by atoms with E-state index >= 15 is 0 Å². The van der Waals surface area contributed by atoms with Crippen molar-refractivity contribution in [1.82, 2.24) is 9.55 Å². The van der Waals surface area contributed by atoms with Crippen molar-refractivity contribution in [2.45, 2.75) is 18.1 Å². The van der Waals surface area contributed by atoms with Crippen molar-refractivity contribution < 1.29 is 9.50 Å². The summed E-state index contributed by atoms with van der Waals surface area (Å²) in [5.74, 6) is -0.456. The fourth-order valence-electron chi connectivity index (χ4n) is 4.32. The maximum atomic E-state index is 14.7. The van der Waals surface area contributed by atoms with Crippen molar-refractivity contribution in [3.63, 3.8) is 0 Å². The summed E-state index contributed by atoms with van der Waals surface area (Å²) in [5.41, 5.74) is 2.95. The molecule has 1 N–H and O–H groups in total. The van der Waals surface area contributed by atoms with Crippen molar-refractivity contribution >= 4 is 0 Å². The van der Waals surface area contributed by atoms with Crippen LogP contribution in [0, 0.1) is 17.1 Å². The van der Waals surface area contributed by atoms with Crippen molar-refractivity contribution in [1.29, 1.82) is 5.26 Å². The first-order valence-electron chi connectivity index (χ1n) is 9.70. The fraction of sp³-hybridized carbons (Fsp3) is 0.120. The Kier molecular flexibility index (Phi) is 4.23. The molecule has 30 heavy (non-hydrogen) atoms. The molecular weight excluding hydrogens is 377 g/mol. The van der Waals surface area contributed by atoms with Crippen molar-refractivity contribution in [3.05, 3.63) is 114 Å². The average molecular weight is 395 g/mol. The van der Waals surface area contributed by atoms with E-state index in [1.165, 1.54) is 6.07 Å². The zero-order chi connectivity index (χ0) is 20.7. The van der Waals surface area contributed by atoms with Gasteiger partial charge in [0.05, 0.1) is 35.9 Å². The summed E-state index contributed by atoms with van der Waals surface area (Å²) in [6, 6.07) is 23.8. The number of nitriles is 1. The Bertz CT molecular complexity index is 1260. The van der Waals surface area contributed by atoms with Crippen LogP contribution < -0.4 is 0 Å². The van der Waals surface area contributed by atoms with Crippen LogP contribution in [0.25, 0.3) is 11.1 Å². The van der Waals surface area contributed by atoms with Gasteiger partial charge in [-0.2, -0.15) is 5.26 Å². The molecule has 0 saturated heterocycles. The fourth-order valence-corrected chi connectivity index (χ4v) is 4.32. The SMILES string of the molecule is N#Cc1ccc([C@H]2C[C@](O)(c3ccc(-c4ccccc4)cc3)c3cncn32)c(F)c1. The smallest absolute Gasteiger partial charge is 0.133 e. The molecule has 146 valence electrons. The van der Waals surface area contributed by atoms with Crippen LogP contribution in [0.2, 0.25) is 0 Å². The third-order valence-electron chi connectivity index (χ3n) is 5.87. The molecule has 0 bridgehead atoms. The highest BCUT2D eigenvalue weighted by atomic mass is 19.1. The molecule has 1 aliphatic rings.